The molecular formula is C24H31ClN2O3. The minimum Gasteiger partial charge on any atom is -0.484 e. The molecule has 6 heteroatoms. The quantitative estimate of drug-likeness (QED) is 0.657. The van der Waals surface area contributed by atoms with E-state index in [-0.39, 0.29) is 25.0 Å². The molecule has 0 fully saturated rings. The lowest BCUT2D eigenvalue weighted by molar-refractivity contribution is -0.143. The summed E-state index contributed by atoms with van der Waals surface area (Å²) in [5.74, 6) is 0.186. The second kappa shape index (κ2) is 10.5. The summed E-state index contributed by atoms with van der Waals surface area (Å²) in [5.41, 5.74) is 1.33. The number of ether oxygens (including phenoxy) is 1. The van der Waals surface area contributed by atoms with Gasteiger partial charge in [0, 0.05) is 17.1 Å². The number of hydrogen-bond acceptors (Lipinski definition) is 3. The van der Waals surface area contributed by atoms with Crippen LogP contribution in [0.15, 0.2) is 48.5 Å². The smallest absolute Gasteiger partial charge is 0.261 e. The van der Waals surface area contributed by atoms with Crippen LogP contribution in [-0.4, -0.2) is 34.9 Å². The first kappa shape index (κ1) is 23.7. The van der Waals surface area contributed by atoms with Crippen molar-refractivity contribution in [1.82, 2.24) is 10.2 Å². The van der Waals surface area contributed by atoms with Crippen LogP contribution in [0.25, 0.3) is 0 Å². The summed E-state index contributed by atoms with van der Waals surface area (Å²) in [6.45, 7) is 9.63. The fraction of sp³-hybridized carbons (Fsp3) is 0.417. The lowest BCUT2D eigenvalue weighted by Crippen LogP contribution is -2.54. The lowest BCUT2D eigenvalue weighted by atomic mass is 10.1. The van der Waals surface area contributed by atoms with Gasteiger partial charge in [0.25, 0.3) is 5.91 Å². The van der Waals surface area contributed by atoms with E-state index in [1.807, 2.05) is 77.1 Å². The highest BCUT2D eigenvalue weighted by atomic mass is 35.5. The van der Waals surface area contributed by atoms with Gasteiger partial charge in [-0.3, -0.25) is 9.59 Å². The molecule has 0 saturated carbocycles. The molecule has 0 spiro atoms. The first-order valence-electron chi connectivity index (χ1n) is 10.2. The van der Waals surface area contributed by atoms with Gasteiger partial charge in [-0.2, -0.15) is 0 Å². The Morgan fingerprint density at radius 1 is 1.10 bits per heavy atom. The van der Waals surface area contributed by atoms with Crippen LogP contribution in [0.2, 0.25) is 5.02 Å². The number of aryl methyl sites for hydroxylation is 1. The summed E-state index contributed by atoms with van der Waals surface area (Å²) in [6.07, 6.45) is 0.475. The van der Waals surface area contributed by atoms with Gasteiger partial charge in [-0.25, -0.2) is 0 Å². The molecule has 0 aliphatic carbocycles. The minimum atomic E-state index is -0.631. The zero-order valence-corrected chi connectivity index (χ0v) is 19.1. The molecule has 0 bridgehead atoms. The second-order valence-electron chi connectivity index (χ2n) is 8.33. The monoisotopic (exact) mass is 430 g/mol. The molecule has 2 aromatic rings. The van der Waals surface area contributed by atoms with Crippen LogP contribution in [0.3, 0.4) is 0 Å². The molecule has 0 saturated heterocycles. The number of halogens is 1. The van der Waals surface area contributed by atoms with Crippen molar-refractivity contribution in [3.05, 3.63) is 64.7 Å². The third-order valence-corrected chi connectivity index (χ3v) is 5.00. The van der Waals surface area contributed by atoms with Gasteiger partial charge in [0.05, 0.1) is 0 Å². The van der Waals surface area contributed by atoms with Crippen LogP contribution in [0, 0.1) is 6.92 Å². The summed E-state index contributed by atoms with van der Waals surface area (Å²) >= 11 is 6.33. The SMILES string of the molecule is CC[C@H](C(=O)NC(C)(C)C)N(Cc1ccccc1Cl)C(=O)COc1ccccc1C. The number of nitrogens with one attached hydrogen (secondary N) is 1. The molecule has 5 nitrogen and oxygen atoms in total. The maximum Gasteiger partial charge on any atom is 0.261 e. The number of carbonyl (C=O) groups is 2. The molecule has 2 aromatic carbocycles. The van der Waals surface area contributed by atoms with E-state index in [1.165, 1.54) is 0 Å². The van der Waals surface area contributed by atoms with Crippen molar-refractivity contribution in [2.24, 2.45) is 0 Å². The van der Waals surface area contributed by atoms with Gasteiger partial charge in [-0.15, -0.1) is 0 Å². The summed E-state index contributed by atoms with van der Waals surface area (Å²) in [5, 5.41) is 3.54. The van der Waals surface area contributed by atoms with Crippen LogP contribution in [0.5, 0.6) is 5.75 Å². The third-order valence-electron chi connectivity index (χ3n) is 4.63. The molecule has 0 aliphatic heterocycles. The average Bonchev–Trinajstić information content (AvgIpc) is 2.67. The molecule has 2 amide bonds. The largest absolute Gasteiger partial charge is 0.484 e. The topological polar surface area (TPSA) is 58.6 Å². The van der Waals surface area contributed by atoms with Crippen molar-refractivity contribution in [2.75, 3.05) is 6.61 Å². The van der Waals surface area contributed by atoms with Gasteiger partial charge in [-0.05, 0) is 57.4 Å². The highest BCUT2D eigenvalue weighted by molar-refractivity contribution is 6.31. The van der Waals surface area contributed by atoms with Crippen molar-refractivity contribution < 1.29 is 14.3 Å². The van der Waals surface area contributed by atoms with Gasteiger partial charge >= 0.3 is 0 Å². The van der Waals surface area contributed by atoms with E-state index >= 15 is 0 Å². The Balaban J connectivity index is 2.27. The van der Waals surface area contributed by atoms with E-state index in [9.17, 15) is 9.59 Å². The molecule has 0 aliphatic rings. The van der Waals surface area contributed by atoms with Crippen molar-refractivity contribution in [3.63, 3.8) is 0 Å². The standard InChI is InChI=1S/C24H31ClN2O3/c1-6-20(23(29)26-24(3,4)5)27(15-18-12-8-9-13-19(18)25)22(28)16-30-21-14-10-7-11-17(21)2/h7-14,20H,6,15-16H2,1-5H3,(H,26,29)/t20-/m1/s1. The Kier molecular flexibility index (Phi) is 8.30. The van der Waals surface area contributed by atoms with Gasteiger partial charge < -0.3 is 15.0 Å². The molecule has 2 rings (SSSR count). The van der Waals surface area contributed by atoms with E-state index in [0.717, 1.165) is 11.1 Å². The van der Waals surface area contributed by atoms with E-state index < -0.39 is 11.6 Å². The Morgan fingerprint density at radius 2 is 1.73 bits per heavy atom. The molecule has 30 heavy (non-hydrogen) atoms. The third kappa shape index (κ3) is 6.77. The van der Waals surface area contributed by atoms with Crippen LogP contribution in [0.4, 0.5) is 0 Å². The fourth-order valence-corrected chi connectivity index (χ4v) is 3.32. The van der Waals surface area contributed by atoms with E-state index in [0.29, 0.717) is 17.2 Å². The number of carbonyl (C=O) groups excluding carboxylic acids is 2. The summed E-state index contributed by atoms with van der Waals surface area (Å²) < 4.78 is 5.77. The first-order chi connectivity index (χ1) is 14.1. The highest BCUT2D eigenvalue weighted by Gasteiger charge is 2.31. The molecule has 0 aromatic heterocycles. The molecule has 162 valence electrons. The summed E-state index contributed by atoms with van der Waals surface area (Å²) in [4.78, 5) is 27.7. The molecule has 1 N–H and O–H groups in total. The zero-order valence-electron chi connectivity index (χ0n) is 18.4. The van der Waals surface area contributed by atoms with Gasteiger partial charge in [0.15, 0.2) is 6.61 Å². The lowest BCUT2D eigenvalue weighted by Gasteiger charge is -2.33. The summed E-state index contributed by atoms with van der Waals surface area (Å²) in [6, 6.07) is 14.2. The predicted molar refractivity (Wildman–Crippen MR) is 121 cm³/mol. The second-order valence-corrected chi connectivity index (χ2v) is 8.74. The Labute approximate surface area is 184 Å². The van der Waals surface area contributed by atoms with E-state index in [2.05, 4.69) is 5.32 Å². The molecule has 0 heterocycles. The molecule has 1 atom stereocenters. The number of para-hydroxylation sites is 1. The number of nitrogens with zero attached hydrogens (tertiary/aromatic N) is 1. The van der Waals surface area contributed by atoms with Crippen molar-refractivity contribution >= 4 is 23.4 Å². The van der Waals surface area contributed by atoms with Crippen LogP contribution in [0.1, 0.15) is 45.2 Å². The van der Waals surface area contributed by atoms with Crippen molar-refractivity contribution in [1.29, 1.82) is 0 Å². The first-order valence-corrected chi connectivity index (χ1v) is 10.5. The molecule has 0 radical (unpaired) electrons. The Bertz CT molecular complexity index is 877. The maximum atomic E-state index is 13.2. The van der Waals surface area contributed by atoms with Gasteiger partial charge in [0.2, 0.25) is 5.91 Å². The van der Waals surface area contributed by atoms with Crippen LogP contribution in [-0.2, 0) is 16.1 Å². The van der Waals surface area contributed by atoms with Crippen LogP contribution >= 0.6 is 11.6 Å². The Hall–Kier alpha value is -2.53. The van der Waals surface area contributed by atoms with Crippen LogP contribution < -0.4 is 10.1 Å². The minimum absolute atomic E-state index is 0.158. The predicted octanol–water partition coefficient (Wildman–Crippen LogP) is 4.75. The fourth-order valence-electron chi connectivity index (χ4n) is 3.12. The van der Waals surface area contributed by atoms with Gasteiger partial charge in [0.1, 0.15) is 11.8 Å². The average molecular weight is 431 g/mol. The molecular weight excluding hydrogens is 400 g/mol. The normalized spacial score (nSPS) is 12.2. The maximum absolute atomic E-state index is 13.2. The zero-order chi connectivity index (χ0) is 22.3. The number of hydrogen-bond donors (Lipinski definition) is 1. The van der Waals surface area contributed by atoms with E-state index in [4.69, 9.17) is 16.3 Å². The van der Waals surface area contributed by atoms with Gasteiger partial charge in [-0.1, -0.05) is 54.9 Å². The number of amides is 2. The molecule has 0 unspecified atom stereocenters. The summed E-state index contributed by atoms with van der Waals surface area (Å²) in [7, 11) is 0. The van der Waals surface area contributed by atoms with Crippen molar-refractivity contribution in [2.45, 2.75) is 59.2 Å². The number of rotatable bonds is 8. The van der Waals surface area contributed by atoms with Crippen molar-refractivity contribution in [3.8, 4) is 5.75 Å². The number of benzene rings is 2. The highest BCUT2D eigenvalue weighted by Crippen LogP contribution is 2.21. The van der Waals surface area contributed by atoms with E-state index in [1.54, 1.807) is 11.0 Å². The Morgan fingerprint density at radius 3 is 2.33 bits per heavy atom.